The van der Waals surface area contributed by atoms with Gasteiger partial charge in [0, 0.05) is 18.1 Å². The maximum atomic E-state index is 13.8. The molecule has 13 heteroatoms. The average Bonchev–Trinajstić information content (AvgIpc) is 3.05. The van der Waals surface area contributed by atoms with Crippen LogP contribution in [0.5, 0.6) is 0 Å². The molecule has 0 bridgehead atoms. The molecule has 0 aromatic heterocycles. The highest BCUT2D eigenvalue weighted by molar-refractivity contribution is 7.99. The van der Waals surface area contributed by atoms with Crippen molar-refractivity contribution in [2.24, 2.45) is 5.73 Å². The molecule has 1 aliphatic heterocycles. The van der Waals surface area contributed by atoms with Crippen LogP contribution in [0.25, 0.3) is 4.91 Å². The van der Waals surface area contributed by atoms with Gasteiger partial charge in [-0.15, -0.1) is 12.4 Å². The van der Waals surface area contributed by atoms with Crippen molar-refractivity contribution < 1.29 is 27.1 Å². The molecule has 3 rings (SSSR count). The van der Waals surface area contributed by atoms with Gasteiger partial charge in [-0.1, -0.05) is 54.1 Å². The summed E-state index contributed by atoms with van der Waals surface area (Å²) in [7, 11) is -3.96. The minimum Gasteiger partial charge on any atom is -0.374 e. The molecule has 1 heterocycles. The summed E-state index contributed by atoms with van der Waals surface area (Å²) in [6, 6.07) is 14.4. The van der Waals surface area contributed by atoms with E-state index in [0.29, 0.717) is 16.2 Å². The predicted octanol–water partition coefficient (Wildman–Crippen LogP) is 3.42. The SMILES string of the molecule is CC(C)(N)C(=O)N[C@H](COCc1ccccc1)C(=O)N(CCF)CC1=C(c2ccc(Cl)cc2)S(=O)(=O)NC1(C)C.Cl. The lowest BCUT2D eigenvalue weighted by atomic mass is 9.92. The van der Waals surface area contributed by atoms with Gasteiger partial charge in [0.25, 0.3) is 0 Å². The fourth-order valence-corrected chi connectivity index (χ4v) is 6.38. The van der Waals surface area contributed by atoms with Gasteiger partial charge in [-0.25, -0.2) is 17.5 Å². The number of hydrogen-bond acceptors (Lipinski definition) is 6. The van der Waals surface area contributed by atoms with Crippen LogP contribution in [0.2, 0.25) is 5.02 Å². The van der Waals surface area contributed by atoms with Gasteiger partial charge in [0.1, 0.15) is 12.7 Å². The molecule has 0 saturated heterocycles. The Bertz CT molecular complexity index is 1350. The third kappa shape index (κ3) is 8.97. The molecule has 0 radical (unpaired) electrons. The molecular formula is C28H37Cl2FN4O5S. The lowest BCUT2D eigenvalue weighted by molar-refractivity contribution is -0.139. The van der Waals surface area contributed by atoms with Gasteiger partial charge < -0.3 is 20.7 Å². The molecular weight excluding hydrogens is 594 g/mol. The monoisotopic (exact) mass is 630 g/mol. The van der Waals surface area contributed by atoms with E-state index in [4.69, 9.17) is 22.1 Å². The number of alkyl halides is 1. The van der Waals surface area contributed by atoms with Gasteiger partial charge in [-0.2, -0.15) is 0 Å². The Hall–Kier alpha value is -2.54. The number of ether oxygens (including phenoxy) is 1. The van der Waals surface area contributed by atoms with Gasteiger partial charge in [-0.05, 0) is 56.5 Å². The molecule has 41 heavy (non-hydrogen) atoms. The van der Waals surface area contributed by atoms with Crippen molar-refractivity contribution in [3.63, 3.8) is 0 Å². The first-order chi connectivity index (χ1) is 18.7. The highest BCUT2D eigenvalue weighted by Crippen LogP contribution is 2.38. The van der Waals surface area contributed by atoms with E-state index in [-0.39, 0.29) is 43.6 Å². The molecule has 226 valence electrons. The van der Waals surface area contributed by atoms with Gasteiger partial charge in [0.15, 0.2) is 0 Å². The van der Waals surface area contributed by atoms with E-state index in [0.717, 1.165) is 5.56 Å². The molecule has 4 N–H and O–H groups in total. The normalized spacial score (nSPS) is 16.6. The first kappa shape index (κ1) is 34.7. The van der Waals surface area contributed by atoms with Gasteiger partial charge in [-0.3, -0.25) is 9.59 Å². The summed E-state index contributed by atoms with van der Waals surface area (Å²) in [4.78, 5) is 27.7. The number of nitrogens with two attached hydrogens (primary N) is 1. The number of nitrogens with zero attached hydrogens (tertiary/aromatic N) is 1. The highest BCUT2D eigenvalue weighted by atomic mass is 35.5. The number of rotatable bonds is 12. The van der Waals surface area contributed by atoms with Crippen LogP contribution < -0.4 is 15.8 Å². The Kier molecular flexibility index (Phi) is 11.9. The minimum atomic E-state index is -3.96. The van der Waals surface area contributed by atoms with Crippen LogP contribution in [-0.4, -0.2) is 68.6 Å². The average molecular weight is 632 g/mol. The third-order valence-electron chi connectivity index (χ3n) is 6.39. The second kappa shape index (κ2) is 14.1. The lowest BCUT2D eigenvalue weighted by Gasteiger charge is -2.32. The minimum absolute atomic E-state index is 0. The summed E-state index contributed by atoms with van der Waals surface area (Å²) >= 11 is 6.01. The largest absolute Gasteiger partial charge is 0.374 e. The van der Waals surface area contributed by atoms with Crippen LogP contribution in [0.15, 0.2) is 60.2 Å². The summed E-state index contributed by atoms with van der Waals surface area (Å²) in [6.45, 7) is 4.87. The highest BCUT2D eigenvalue weighted by Gasteiger charge is 2.44. The molecule has 0 spiro atoms. The van der Waals surface area contributed by atoms with Crippen LogP contribution in [0.1, 0.15) is 38.8 Å². The Morgan fingerprint density at radius 3 is 2.32 bits per heavy atom. The van der Waals surface area contributed by atoms with Crippen LogP contribution >= 0.6 is 24.0 Å². The Balaban J connectivity index is 0.00000588. The summed E-state index contributed by atoms with van der Waals surface area (Å²) in [5, 5.41) is 3.06. The second-order valence-corrected chi connectivity index (χ2v) is 12.8. The van der Waals surface area contributed by atoms with E-state index in [2.05, 4.69) is 10.0 Å². The van der Waals surface area contributed by atoms with Gasteiger partial charge in [0.05, 0.1) is 29.2 Å². The molecule has 1 atom stereocenters. The van der Waals surface area contributed by atoms with E-state index >= 15 is 0 Å². The number of carbonyl (C=O) groups excluding carboxylic acids is 2. The maximum Gasteiger partial charge on any atom is 0.247 e. The molecule has 0 aliphatic carbocycles. The second-order valence-electron chi connectivity index (χ2n) is 10.7. The van der Waals surface area contributed by atoms with Crippen molar-refractivity contribution in [1.82, 2.24) is 14.9 Å². The smallest absolute Gasteiger partial charge is 0.247 e. The van der Waals surface area contributed by atoms with Crippen molar-refractivity contribution in [1.29, 1.82) is 0 Å². The van der Waals surface area contributed by atoms with E-state index in [1.165, 1.54) is 18.7 Å². The molecule has 2 amide bonds. The standard InChI is InChI=1S/C28H36ClFN4O5S.ClH/c1-27(2,31)26(36)32-23(18-39-17-19-8-6-5-7-9-19)25(35)34(15-14-30)16-22-24(20-10-12-21(29)13-11-20)40(37,38)33-28(22,3)4;/h5-13,23,33H,14-18,31H2,1-4H3,(H,32,36);1H/t23-;/m1./s1. The lowest BCUT2D eigenvalue weighted by Crippen LogP contribution is -2.58. The zero-order valence-corrected chi connectivity index (χ0v) is 25.8. The van der Waals surface area contributed by atoms with E-state index in [9.17, 15) is 22.4 Å². The molecule has 2 aromatic rings. The summed E-state index contributed by atoms with van der Waals surface area (Å²) in [5.74, 6) is -1.23. The predicted molar refractivity (Wildman–Crippen MR) is 161 cm³/mol. The van der Waals surface area contributed by atoms with E-state index in [1.54, 1.807) is 38.1 Å². The number of amides is 2. The number of nitrogens with one attached hydrogen (secondary N) is 2. The van der Waals surface area contributed by atoms with Crippen LogP contribution in [0.4, 0.5) is 4.39 Å². The van der Waals surface area contributed by atoms with Crippen LogP contribution in [0.3, 0.4) is 0 Å². The summed E-state index contributed by atoms with van der Waals surface area (Å²) in [6.07, 6.45) is 0. The zero-order chi connectivity index (χ0) is 29.7. The number of sulfonamides is 1. The number of carbonyl (C=O) groups is 2. The number of benzene rings is 2. The van der Waals surface area contributed by atoms with Crippen molar-refractivity contribution in [3.05, 3.63) is 76.3 Å². The van der Waals surface area contributed by atoms with E-state index < -0.39 is 45.6 Å². The molecule has 0 fully saturated rings. The van der Waals surface area contributed by atoms with Crippen LogP contribution in [-0.2, 0) is 31.0 Å². The Labute approximate surface area is 252 Å². The quantitative estimate of drug-likeness (QED) is 0.329. The summed E-state index contributed by atoms with van der Waals surface area (Å²) < 4.78 is 48.5. The fraction of sp³-hybridized carbons (Fsp3) is 0.429. The first-order valence-electron chi connectivity index (χ1n) is 12.8. The van der Waals surface area contributed by atoms with Crippen molar-refractivity contribution in [2.75, 3.05) is 26.4 Å². The molecule has 0 saturated carbocycles. The molecule has 1 aliphatic rings. The van der Waals surface area contributed by atoms with E-state index in [1.807, 2.05) is 30.3 Å². The van der Waals surface area contributed by atoms with Crippen LogP contribution in [0, 0.1) is 0 Å². The van der Waals surface area contributed by atoms with Crippen molar-refractivity contribution >= 4 is 50.8 Å². The van der Waals surface area contributed by atoms with Crippen molar-refractivity contribution in [2.45, 2.75) is 51.4 Å². The first-order valence-corrected chi connectivity index (χ1v) is 14.6. The van der Waals surface area contributed by atoms with Gasteiger partial charge in [0.2, 0.25) is 21.8 Å². The fourth-order valence-electron chi connectivity index (χ4n) is 4.26. The Morgan fingerprint density at radius 1 is 1.15 bits per heavy atom. The topological polar surface area (TPSA) is 131 Å². The number of halogens is 3. The summed E-state index contributed by atoms with van der Waals surface area (Å²) in [5.41, 5.74) is 5.18. The maximum absolute atomic E-state index is 13.8. The molecule has 2 aromatic carbocycles. The molecule has 9 nitrogen and oxygen atoms in total. The third-order valence-corrected chi connectivity index (χ3v) is 8.44. The van der Waals surface area contributed by atoms with Gasteiger partial charge >= 0.3 is 0 Å². The van der Waals surface area contributed by atoms with Crippen molar-refractivity contribution in [3.8, 4) is 0 Å². The Morgan fingerprint density at radius 2 is 1.76 bits per heavy atom. The zero-order valence-electron chi connectivity index (χ0n) is 23.4. The number of hydrogen-bond donors (Lipinski definition) is 3. The molecule has 0 unspecified atom stereocenters.